The van der Waals surface area contributed by atoms with Gasteiger partial charge >= 0.3 is 5.69 Å². The van der Waals surface area contributed by atoms with Gasteiger partial charge in [0.05, 0.1) is 4.92 Å². The van der Waals surface area contributed by atoms with Gasteiger partial charge in [0, 0.05) is 5.56 Å². The zero-order chi connectivity index (χ0) is 13.1. The molecule has 92 valence electrons. The molecule has 2 N–H and O–H groups in total. The average Bonchev–Trinajstić information content (AvgIpc) is 2.38. The Morgan fingerprint density at radius 2 is 2.00 bits per heavy atom. The van der Waals surface area contributed by atoms with Crippen molar-refractivity contribution in [3.63, 3.8) is 0 Å². The Labute approximate surface area is 104 Å². The average molecular weight is 244 g/mol. The molecule has 0 bridgehead atoms. The van der Waals surface area contributed by atoms with Crippen LogP contribution in [-0.4, -0.2) is 14.9 Å². The summed E-state index contributed by atoms with van der Waals surface area (Å²) < 4.78 is 0. The van der Waals surface area contributed by atoms with Gasteiger partial charge in [0.2, 0.25) is 5.95 Å². The molecule has 1 heterocycles. The van der Waals surface area contributed by atoms with Crippen molar-refractivity contribution in [1.29, 1.82) is 0 Å². The Kier molecular flexibility index (Phi) is 3.18. The number of rotatable bonds is 3. The third-order valence-electron chi connectivity index (χ3n) is 2.62. The molecule has 18 heavy (non-hydrogen) atoms. The Hall–Kier alpha value is -2.50. The van der Waals surface area contributed by atoms with E-state index in [4.69, 9.17) is 5.73 Å². The van der Waals surface area contributed by atoms with Crippen LogP contribution in [0.15, 0.2) is 30.5 Å². The minimum Gasteiger partial charge on any atom is -0.368 e. The molecule has 2 rings (SSSR count). The van der Waals surface area contributed by atoms with Crippen molar-refractivity contribution in [1.82, 2.24) is 9.97 Å². The van der Waals surface area contributed by atoms with E-state index in [1.54, 1.807) is 12.1 Å². The highest BCUT2D eigenvalue weighted by atomic mass is 16.6. The van der Waals surface area contributed by atoms with Gasteiger partial charge in [0.1, 0.15) is 6.20 Å². The molecule has 1 aromatic heterocycles. The molecule has 0 aliphatic heterocycles. The van der Waals surface area contributed by atoms with Crippen LogP contribution in [0.5, 0.6) is 0 Å². The van der Waals surface area contributed by atoms with Crippen LogP contribution in [0, 0.1) is 10.1 Å². The third kappa shape index (κ3) is 2.27. The molecular formula is C12H12N4O2. The van der Waals surface area contributed by atoms with E-state index in [-0.39, 0.29) is 17.3 Å². The zero-order valence-corrected chi connectivity index (χ0v) is 9.83. The van der Waals surface area contributed by atoms with Gasteiger partial charge < -0.3 is 5.73 Å². The standard InChI is InChI=1S/C12H12N4O2/c1-2-8-3-5-9(6-4-8)11-10(16(17)18)7-14-12(13)15-11/h3-7H,2H2,1H3,(H2,13,14,15). The van der Waals surface area contributed by atoms with Crippen molar-refractivity contribution in [2.24, 2.45) is 0 Å². The molecule has 1 aromatic carbocycles. The van der Waals surface area contributed by atoms with Gasteiger partial charge in [0.25, 0.3) is 0 Å². The van der Waals surface area contributed by atoms with E-state index in [0.29, 0.717) is 5.56 Å². The van der Waals surface area contributed by atoms with Gasteiger partial charge in [-0.05, 0) is 12.0 Å². The lowest BCUT2D eigenvalue weighted by Crippen LogP contribution is -2.01. The van der Waals surface area contributed by atoms with E-state index in [0.717, 1.165) is 18.2 Å². The van der Waals surface area contributed by atoms with Crippen LogP contribution in [0.3, 0.4) is 0 Å². The summed E-state index contributed by atoms with van der Waals surface area (Å²) in [5, 5.41) is 10.9. The zero-order valence-electron chi connectivity index (χ0n) is 9.83. The molecule has 0 saturated carbocycles. The first kappa shape index (κ1) is 12.0. The van der Waals surface area contributed by atoms with Crippen LogP contribution in [0.4, 0.5) is 11.6 Å². The molecule has 0 unspecified atom stereocenters. The Morgan fingerprint density at radius 1 is 1.33 bits per heavy atom. The van der Waals surface area contributed by atoms with Crippen LogP contribution in [0.25, 0.3) is 11.3 Å². The van der Waals surface area contributed by atoms with Crippen molar-refractivity contribution in [3.05, 3.63) is 46.1 Å². The highest BCUT2D eigenvalue weighted by Gasteiger charge is 2.17. The molecular weight excluding hydrogens is 232 g/mol. The molecule has 0 aliphatic rings. The first-order valence-corrected chi connectivity index (χ1v) is 5.48. The minimum atomic E-state index is -0.511. The fraction of sp³-hybridized carbons (Fsp3) is 0.167. The van der Waals surface area contributed by atoms with Gasteiger partial charge in [-0.2, -0.15) is 0 Å². The van der Waals surface area contributed by atoms with Crippen molar-refractivity contribution >= 4 is 11.6 Å². The summed E-state index contributed by atoms with van der Waals surface area (Å²) in [5.74, 6) is 0.0233. The van der Waals surface area contributed by atoms with E-state index in [9.17, 15) is 10.1 Å². The first-order chi connectivity index (χ1) is 8.61. The van der Waals surface area contributed by atoms with Crippen LogP contribution in [0.2, 0.25) is 0 Å². The number of nitrogen functional groups attached to an aromatic ring is 1. The molecule has 0 saturated heterocycles. The lowest BCUT2D eigenvalue weighted by Gasteiger charge is -2.04. The number of anilines is 1. The minimum absolute atomic E-state index is 0.0233. The maximum absolute atomic E-state index is 10.9. The number of nitrogens with two attached hydrogens (primary N) is 1. The highest BCUT2D eigenvalue weighted by molar-refractivity contribution is 5.69. The molecule has 0 amide bonds. The molecule has 0 radical (unpaired) electrons. The maximum Gasteiger partial charge on any atom is 0.313 e. The molecule has 2 aromatic rings. The van der Waals surface area contributed by atoms with E-state index in [1.165, 1.54) is 0 Å². The van der Waals surface area contributed by atoms with Crippen LogP contribution >= 0.6 is 0 Å². The molecule has 0 aliphatic carbocycles. The van der Waals surface area contributed by atoms with Gasteiger partial charge in [-0.3, -0.25) is 10.1 Å². The third-order valence-corrected chi connectivity index (χ3v) is 2.62. The maximum atomic E-state index is 10.9. The molecule has 6 heteroatoms. The summed E-state index contributed by atoms with van der Waals surface area (Å²) in [4.78, 5) is 18.0. The van der Waals surface area contributed by atoms with Crippen molar-refractivity contribution in [2.75, 3.05) is 5.73 Å². The van der Waals surface area contributed by atoms with E-state index in [1.807, 2.05) is 19.1 Å². The second-order valence-corrected chi connectivity index (χ2v) is 3.77. The van der Waals surface area contributed by atoms with Crippen LogP contribution < -0.4 is 5.73 Å². The topological polar surface area (TPSA) is 94.9 Å². The number of aryl methyl sites for hydroxylation is 1. The predicted molar refractivity (Wildman–Crippen MR) is 67.9 cm³/mol. The highest BCUT2D eigenvalue weighted by Crippen LogP contribution is 2.27. The number of nitrogens with zero attached hydrogens (tertiary/aromatic N) is 3. The number of hydrogen-bond donors (Lipinski definition) is 1. The molecule has 0 fully saturated rings. The Bertz CT molecular complexity index is 581. The monoisotopic (exact) mass is 244 g/mol. The second-order valence-electron chi connectivity index (χ2n) is 3.77. The lowest BCUT2D eigenvalue weighted by molar-refractivity contribution is -0.384. The second kappa shape index (κ2) is 4.79. The van der Waals surface area contributed by atoms with E-state index in [2.05, 4.69) is 9.97 Å². The largest absolute Gasteiger partial charge is 0.368 e. The molecule has 6 nitrogen and oxygen atoms in total. The Balaban J connectivity index is 2.54. The number of hydrogen-bond acceptors (Lipinski definition) is 5. The SMILES string of the molecule is CCc1ccc(-c2nc(N)ncc2[N+](=O)[O-])cc1. The summed E-state index contributed by atoms with van der Waals surface area (Å²) in [6.07, 6.45) is 2.04. The smallest absolute Gasteiger partial charge is 0.313 e. The van der Waals surface area contributed by atoms with Crippen molar-refractivity contribution in [3.8, 4) is 11.3 Å². The normalized spacial score (nSPS) is 10.3. The fourth-order valence-corrected chi connectivity index (χ4v) is 1.63. The summed E-state index contributed by atoms with van der Waals surface area (Å²) in [7, 11) is 0. The predicted octanol–water partition coefficient (Wildman–Crippen LogP) is 2.20. The molecule has 0 atom stereocenters. The summed E-state index contributed by atoms with van der Waals surface area (Å²) in [5.41, 5.74) is 7.39. The summed E-state index contributed by atoms with van der Waals surface area (Å²) in [6.45, 7) is 2.04. The summed E-state index contributed by atoms with van der Waals surface area (Å²) in [6, 6.07) is 7.43. The van der Waals surface area contributed by atoms with Gasteiger partial charge in [-0.15, -0.1) is 0 Å². The number of benzene rings is 1. The van der Waals surface area contributed by atoms with Crippen molar-refractivity contribution < 1.29 is 4.92 Å². The van der Waals surface area contributed by atoms with Crippen molar-refractivity contribution in [2.45, 2.75) is 13.3 Å². The summed E-state index contributed by atoms with van der Waals surface area (Å²) >= 11 is 0. The van der Waals surface area contributed by atoms with E-state index >= 15 is 0 Å². The fourth-order valence-electron chi connectivity index (χ4n) is 1.63. The van der Waals surface area contributed by atoms with Crippen LogP contribution in [-0.2, 0) is 6.42 Å². The van der Waals surface area contributed by atoms with Gasteiger partial charge in [-0.1, -0.05) is 31.2 Å². The number of nitro groups is 1. The van der Waals surface area contributed by atoms with Gasteiger partial charge in [-0.25, -0.2) is 9.97 Å². The first-order valence-electron chi connectivity index (χ1n) is 5.48. The van der Waals surface area contributed by atoms with Crippen LogP contribution in [0.1, 0.15) is 12.5 Å². The quantitative estimate of drug-likeness (QED) is 0.659. The van der Waals surface area contributed by atoms with E-state index < -0.39 is 4.92 Å². The Morgan fingerprint density at radius 3 is 2.56 bits per heavy atom. The number of aromatic nitrogens is 2. The van der Waals surface area contributed by atoms with Gasteiger partial charge in [0.15, 0.2) is 5.69 Å². The lowest BCUT2D eigenvalue weighted by atomic mass is 10.1. The molecule has 0 spiro atoms.